The van der Waals surface area contributed by atoms with Gasteiger partial charge in [-0.25, -0.2) is 9.78 Å². The molecule has 3 amide bonds. The Balaban J connectivity index is 1.30. The summed E-state index contributed by atoms with van der Waals surface area (Å²) in [6.45, 7) is 1.44. The van der Waals surface area contributed by atoms with E-state index in [4.69, 9.17) is 9.84 Å². The maximum Gasteiger partial charge on any atom is 0.323 e. The second kappa shape index (κ2) is 8.64. The molecule has 1 saturated heterocycles. The first-order chi connectivity index (χ1) is 14.5. The number of hydrogen-bond donors (Lipinski definition) is 2. The van der Waals surface area contributed by atoms with Crippen molar-refractivity contribution in [2.24, 2.45) is 0 Å². The van der Waals surface area contributed by atoms with E-state index in [1.807, 2.05) is 17.5 Å². The highest BCUT2D eigenvalue weighted by molar-refractivity contribution is 7.09. The number of hydrogen-bond acceptors (Lipinski definition) is 6. The molecule has 0 bridgehead atoms. The van der Waals surface area contributed by atoms with Gasteiger partial charge >= 0.3 is 12.0 Å². The summed E-state index contributed by atoms with van der Waals surface area (Å²) < 4.78 is 5.78. The van der Waals surface area contributed by atoms with Crippen LogP contribution < -0.4 is 5.32 Å². The van der Waals surface area contributed by atoms with Crippen molar-refractivity contribution in [2.75, 3.05) is 25.0 Å². The van der Waals surface area contributed by atoms with Crippen molar-refractivity contribution in [2.45, 2.75) is 19.3 Å². The first-order valence-electron chi connectivity index (χ1n) is 9.35. The van der Waals surface area contributed by atoms with Crippen molar-refractivity contribution >= 4 is 41.1 Å². The minimum atomic E-state index is -1.09. The predicted molar refractivity (Wildman–Crippen MR) is 110 cm³/mol. The molecule has 0 spiro atoms. The molecule has 4 rings (SSSR count). The molecule has 156 valence electrons. The van der Waals surface area contributed by atoms with Gasteiger partial charge in [0.1, 0.15) is 12.4 Å². The predicted octanol–water partition coefficient (Wildman–Crippen LogP) is 2.02. The number of pyridine rings is 1. The lowest BCUT2D eigenvalue weighted by Gasteiger charge is -2.38. The molecule has 0 aliphatic carbocycles. The SMILES string of the molecule is O=C(O)CN1Cc2cc(/C=C/C(=O)N3CC(OCc4cccs4)C3)cnc2NC1=O. The van der Waals surface area contributed by atoms with Crippen LogP contribution in [0.5, 0.6) is 0 Å². The number of fused-ring (bicyclic) bond motifs is 1. The lowest BCUT2D eigenvalue weighted by atomic mass is 10.1. The monoisotopic (exact) mass is 428 g/mol. The average molecular weight is 428 g/mol. The molecule has 0 aromatic carbocycles. The largest absolute Gasteiger partial charge is 0.480 e. The molecule has 0 radical (unpaired) electrons. The molecular weight excluding hydrogens is 408 g/mol. The summed E-state index contributed by atoms with van der Waals surface area (Å²) in [7, 11) is 0. The van der Waals surface area contributed by atoms with E-state index >= 15 is 0 Å². The number of ether oxygens (including phenoxy) is 1. The van der Waals surface area contributed by atoms with E-state index in [0.29, 0.717) is 36.6 Å². The third kappa shape index (κ3) is 4.66. The molecule has 10 heteroatoms. The fraction of sp³-hybridized carbons (Fsp3) is 0.300. The number of amides is 3. The molecule has 0 atom stereocenters. The maximum atomic E-state index is 12.3. The number of nitrogens with one attached hydrogen (secondary N) is 1. The fourth-order valence-electron chi connectivity index (χ4n) is 3.19. The van der Waals surface area contributed by atoms with Gasteiger partial charge in [-0.1, -0.05) is 6.07 Å². The van der Waals surface area contributed by atoms with E-state index < -0.39 is 18.5 Å². The van der Waals surface area contributed by atoms with Crippen LogP contribution in [0.15, 0.2) is 35.9 Å². The summed E-state index contributed by atoms with van der Waals surface area (Å²) in [5.74, 6) is -0.793. The number of nitrogens with zero attached hydrogens (tertiary/aromatic N) is 3. The number of carbonyl (C=O) groups is 3. The Morgan fingerprint density at radius 1 is 1.40 bits per heavy atom. The zero-order valence-electron chi connectivity index (χ0n) is 16.0. The van der Waals surface area contributed by atoms with Gasteiger partial charge in [0.2, 0.25) is 5.91 Å². The van der Waals surface area contributed by atoms with Crippen LogP contribution in [0.4, 0.5) is 10.6 Å². The number of thiophene rings is 1. The van der Waals surface area contributed by atoms with Crippen LogP contribution >= 0.6 is 11.3 Å². The summed E-state index contributed by atoms with van der Waals surface area (Å²) in [5.41, 5.74) is 1.39. The van der Waals surface area contributed by atoms with Gasteiger partial charge in [0.15, 0.2) is 0 Å². The van der Waals surface area contributed by atoms with Gasteiger partial charge in [-0.15, -0.1) is 11.3 Å². The fourth-order valence-corrected chi connectivity index (χ4v) is 3.82. The lowest BCUT2D eigenvalue weighted by Crippen LogP contribution is -2.54. The van der Waals surface area contributed by atoms with Gasteiger partial charge in [0.05, 0.1) is 19.3 Å². The Morgan fingerprint density at radius 2 is 2.23 bits per heavy atom. The van der Waals surface area contributed by atoms with Crippen molar-refractivity contribution in [1.82, 2.24) is 14.8 Å². The minimum absolute atomic E-state index is 0.0543. The maximum absolute atomic E-state index is 12.3. The van der Waals surface area contributed by atoms with Gasteiger partial charge < -0.3 is 19.6 Å². The zero-order chi connectivity index (χ0) is 21.1. The summed E-state index contributed by atoms with van der Waals surface area (Å²) >= 11 is 1.65. The molecule has 0 unspecified atom stereocenters. The number of carboxylic acids is 1. The number of aromatic nitrogens is 1. The quantitative estimate of drug-likeness (QED) is 0.653. The number of anilines is 1. The minimum Gasteiger partial charge on any atom is -0.480 e. The molecule has 1 fully saturated rings. The van der Waals surface area contributed by atoms with E-state index in [1.165, 1.54) is 11.0 Å². The highest BCUT2D eigenvalue weighted by atomic mass is 32.1. The summed E-state index contributed by atoms with van der Waals surface area (Å²) in [6, 6.07) is 5.29. The molecule has 2 N–H and O–H groups in total. The molecule has 9 nitrogen and oxygen atoms in total. The van der Waals surface area contributed by atoms with Crippen molar-refractivity contribution in [3.05, 3.63) is 51.9 Å². The van der Waals surface area contributed by atoms with E-state index in [2.05, 4.69) is 10.3 Å². The van der Waals surface area contributed by atoms with Crippen LogP contribution in [-0.2, 0) is 27.5 Å². The van der Waals surface area contributed by atoms with Crippen LogP contribution in [-0.4, -0.2) is 63.5 Å². The summed E-state index contributed by atoms with van der Waals surface area (Å²) in [5, 5.41) is 13.5. The first-order valence-corrected chi connectivity index (χ1v) is 10.2. The second-order valence-corrected chi connectivity index (χ2v) is 8.08. The highest BCUT2D eigenvalue weighted by Crippen LogP contribution is 2.23. The molecule has 30 heavy (non-hydrogen) atoms. The van der Waals surface area contributed by atoms with Gasteiger partial charge in [-0.05, 0) is 29.2 Å². The Bertz CT molecular complexity index is 985. The Labute approximate surface area is 176 Å². The van der Waals surface area contributed by atoms with Gasteiger partial charge in [-0.2, -0.15) is 0 Å². The molecule has 4 heterocycles. The third-order valence-corrected chi connectivity index (χ3v) is 5.66. The number of rotatable bonds is 7. The molecule has 2 aromatic rings. The number of aliphatic carboxylic acids is 1. The van der Waals surface area contributed by atoms with Crippen molar-refractivity contribution in [3.63, 3.8) is 0 Å². The van der Waals surface area contributed by atoms with Crippen LogP contribution in [0.3, 0.4) is 0 Å². The van der Waals surface area contributed by atoms with Gasteiger partial charge in [-0.3, -0.25) is 14.9 Å². The number of urea groups is 1. The van der Waals surface area contributed by atoms with Crippen LogP contribution in [0.1, 0.15) is 16.0 Å². The number of carbonyl (C=O) groups excluding carboxylic acids is 2. The van der Waals surface area contributed by atoms with Crippen LogP contribution in [0, 0.1) is 0 Å². The summed E-state index contributed by atoms with van der Waals surface area (Å²) in [4.78, 5) is 43.3. The van der Waals surface area contributed by atoms with E-state index in [9.17, 15) is 14.4 Å². The molecule has 2 aromatic heterocycles. The normalized spacial score (nSPS) is 16.3. The molecular formula is C20H20N4O5S. The zero-order valence-corrected chi connectivity index (χ0v) is 16.8. The molecule has 2 aliphatic heterocycles. The second-order valence-electron chi connectivity index (χ2n) is 7.05. The Kier molecular flexibility index (Phi) is 5.77. The number of carboxylic acid groups (broad SMARTS) is 1. The molecule has 2 aliphatic rings. The smallest absolute Gasteiger partial charge is 0.323 e. The topological polar surface area (TPSA) is 112 Å². The molecule has 0 saturated carbocycles. The van der Waals surface area contributed by atoms with Gasteiger partial charge in [0, 0.05) is 35.8 Å². The lowest BCUT2D eigenvalue weighted by molar-refractivity contribution is -0.140. The first kappa shape index (κ1) is 20.0. The van der Waals surface area contributed by atoms with Crippen LogP contribution in [0.2, 0.25) is 0 Å². The Hall–Kier alpha value is -3.24. The van der Waals surface area contributed by atoms with E-state index in [1.54, 1.807) is 34.6 Å². The van der Waals surface area contributed by atoms with Crippen LogP contribution in [0.25, 0.3) is 6.08 Å². The third-order valence-electron chi connectivity index (χ3n) is 4.81. The average Bonchev–Trinajstić information content (AvgIpc) is 3.19. The van der Waals surface area contributed by atoms with Crippen molar-refractivity contribution in [1.29, 1.82) is 0 Å². The summed E-state index contributed by atoms with van der Waals surface area (Å²) in [6.07, 6.45) is 4.75. The Morgan fingerprint density at radius 3 is 2.97 bits per heavy atom. The van der Waals surface area contributed by atoms with Crippen molar-refractivity contribution < 1.29 is 24.2 Å². The standard InChI is InChI=1S/C20H20N4O5S/c25-17(23-9-15(10-23)29-12-16-2-1-5-30-16)4-3-13-6-14-8-24(11-18(26)27)20(28)22-19(14)21-7-13/h1-7,15H,8-12H2,(H,26,27)(H,21,22,28)/b4-3+. The highest BCUT2D eigenvalue weighted by Gasteiger charge is 2.30. The van der Waals surface area contributed by atoms with E-state index in [0.717, 1.165) is 4.88 Å². The van der Waals surface area contributed by atoms with E-state index in [-0.39, 0.29) is 18.6 Å². The van der Waals surface area contributed by atoms with Gasteiger partial charge in [0.25, 0.3) is 0 Å². The van der Waals surface area contributed by atoms with Crippen molar-refractivity contribution in [3.8, 4) is 0 Å². The number of likely N-dealkylation sites (tertiary alicyclic amines) is 1.